The molecule has 0 spiro atoms. The van der Waals surface area contributed by atoms with Crippen molar-refractivity contribution in [3.05, 3.63) is 53.1 Å². The summed E-state index contributed by atoms with van der Waals surface area (Å²) in [4.78, 5) is 16.2. The molecule has 1 aromatic carbocycles. The van der Waals surface area contributed by atoms with Crippen LogP contribution in [0.1, 0.15) is 24.4 Å². The van der Waals surface area contributed by atoms with Crippen molar-refractivity contribution in [3.8, 4) is 0 Å². The number of carbonyl (C=O) groups excluding carboxylic acids is 1. The predicted octanol–water partition coefficient (Wildman–Crippen LogP) is 2.05. The first-order chi connectivity index (χ1) is 9.49. The molecule has 0 aliphatic rings. The number of hydrogen-bond donors (Lipinski definition) is 2. The van der Waals surface area contributed by atoms with E-state index in [1.165, 1.54) is 0 Å². The molecule has 1 amide bonds. The molecule has 0 bridgehead atoms. The highest BCUT2D eigenvalue weighted by molar-refractivity contribution is 6.30. The van der Waals surface area contributed by atoms with Gasteiger partial charge >= 0.3 is 0 Å². The first-order valence-corrected chi connectivity index (χ1v) is 6.65. The molecule has 2 rings (SSSR count). The Hall–Kier alpha value is -1.56. The third kappa shape index (κ3) is 4.20. The van der Waals surface area contributed by atoms with Gasteiger partial charge in [0.25, 0.3) is 0 Å². The van der Waals surface area contributed by atoms with E-state index in [1.807, 2.05) is 29.9 Å². The Bertz CT molecular complexity index is 595. The zero-order chi connectivity index (χ0) is 14.7. The summed E-state index contributed by atoms with van der Waals surface area (Å²) in [5.41, 5.74) is 6.52. The number of hydrogen-bond acceptors (Lipinski definition) is 3. The van der Waals surface area contributed by atoms with Gasteiger partial charge in [0.05, 0.1) is 6.04 Å². The van der Waals surface area contributed by atoms with E-state index >= 15 is 0 Å². The number of imidazole rings is 1. The van der Waals surface area contributed by atoms with Crippen LogP contribution in [0.5, 0.6) is 0 Å². The summed E-state index contributed by atoms with van der Waals surface area (Å²) in [6.07, 6.45) is 3.52. The topological polar surface area (TPSA) is 72.9 Å². The lowest BCUT2D eigenvalue weighted by atomic mass is 10.1. The van der Waals surface area contributed by atoms with Crippen LogP contribution in [0.3, 0.4) is 0 Å². The number of aryl methyl sites for hydroxylation is 1. The second kappa shape index (κ2) is 7.45. The predicted molar refractivity (Wildman–Crippen MR) is 85.5 cm³/mol. The molecule has 21 heavy (non-hydrogen) atoms. The number of nitrogens with zero attached hydrogens (tertiary/aromatic N) is 2. The Morgan fingerprint density at radius 2 is 2.00 bits per heavy atom. The van der Waals surface area contributed by atoms with Gasteiger partial charge in [-0.15, -0.1) is 12.4 Å². The zero-order valence-corrected chi connectivity index (χ0v) is 13.4. The average molecular weight is 329 g/mol. The Kier molecular flexibility index (Phi) is 6.20. The molecule has 114 valence electrons. The van der Waals surface area contributed by atoms with Crippen molar-refractivity contribution in [3.63, 3.8) is 0 Å². The van der Waals surface area contributed by atoms with Gasteiger partial charge in [-0.25, -0.2) is 4.98 Å². The number of rotatable bonds is 4. The van der Waals surface area contributed by atoms with Crippen LogP contribution in [0.4, 0.5) is 0 Å². The fraction of sp³-hybridized carbons (Fsp3) is 0.286. The summed E-state index contributed by atoms with van der Waals surface area (Å²) in [6.45, 7) is 1.65. The number of amides is 1. The zero-order valence-electron chi connectivity index (χ0n) is 11.8. The van der Waals surface area contributed by atoms with Gasteiger partial charge in [0, 0.05) is 24.5 Å². The summed E-state index contributed by atoms with van der Waals surface area (Å²) in [5.74, 6) is 0.509. The Balaban J connectivity index is 0.00000220. The minimum atomic E-state index is -0.579. The number of nitrogens with one attached hydrogen (secondary N) is 1. The lowest BCUT2D eigenvalue weighted by molar-refractivity contribution is -0.122. The van der Waals surface area contributed by atoms with Crippen molar-refractivity contribution in [1.29, 1.82) is 0 Å². The van der Waals surface area contributed by atoms with E-state index in [0.29, 0.717) is 5.02 Å². The Morgan fingerprint density at radius 1 is 1.38 bits per heavy atom. The molecule has 5 nitrogen and oxygen atoms in total. The fourth-order valence-corrected chi connectivity index (χ4v) is 2.01. The summed E-state index contributed by atoms with van der Waals surface area (Å²) in [6, 6.07) is 6.36. The van der Waals surface area contributed by atoms with Gasteiger partial charge in [0.2, 0.25) is 5.91 Å². The van der Waals surface area contributed by atoms with E-state index in [0.717, 1.165) is 11.4 Å². The van der Waals surface area contributed by atoms with Gasteiger partial charge in [-0.3, -0.25) is 4.79 Å². The first kappa shape index (κ1) is 17.5. The van der Waals surface area contributed by atoms with Crippen LogP contribution in [0.25, 0.3) is 0 Å². The van der Waals surface area contributed by atoms with Crippen LogP contribution in [0, 0.1) is 0 Å². The number of nitrogens with two attached hydrogens (primary N) is 1. The molecule has 1 unspecified atom stereocenters. The molecule has 1 aromatic heterocycles. The largest absolute Gasteiger partial charge is 0.341 e. The molecule has 0 fully saturated rings. The van der Waals surface area contributed by atoms with E-state index in [4.69, 9.17) is 17.3 Å². The monoisotopic (exact) mass is 328 g/mol. The third-order valence-electron chi connectivity index (χ3n) is 3.02. The molecule has 1 heterocycles. The molecule has 0 saturated carbocycles. The van der Waals surface area contributed by atoms with Gasteiger partial charge in [0.15, 0.2) is 0 Å². The van der Waals surface area contributed by atoms with Crippen molar-refractivity contribution in [2.75, 3.05) is 0 Å². The van der Waals surface area contributed by atoms with Crippen molar-refractivity contribution >= 4 is 29.9 Å². The van der Waals surface area contributed by atoms with E-state index in [1.54, 1.807) is 25.3 Å². The molecule has 0 radical (unpaired) electrons. The molecule has 2 aromatic rings. The molecule has 7 heteroatoms. The van der Waals surface area contributed by atoms with Crippen molar-refractivity contribution in [1.82, 2.24) is 14.9 Å². The molecule has 0 aliphatic heterocycles. The SMILES string of the molecule is C[C@@H](N)C(=O)NC(c1ccc(Cl)cc1)c1nccn1C.Cl. The van der Waals surface area contributed by atoms with Gasteiger partial charge in [-0.05, 0) is 24.6 Å². The summed E-state index contributed by atoms with van der Waals surface area (Å²) >= 11 is 5.90. The van der Waals surface area contributed by atoms with Crippen LogP contribution in [0.15, 0.2) is 36.7 Å². The van der Waals surface area contributed by atoms with Crippen LogP contribution >= 0.6 is 24.0 Å². The second-order valence-corrected chi connectivity index (χ2v) is 5.11. The smallest absolute Gasteiger partial charge is 0.237 e. The Labute approximate surface area is 134 Å². The molecule has 0 aliphatic carbocycles. The molecular weight excluding hydrogens is 311 g/mol. The van der Waals surface area contributed by atoms with Crippen LogP contribution in [-0.2, 0) is 11.8 Å². The maximum Gasteiger partial charge on any atom is 0.237 e. The third-order valence-corrected chi connectivity index (χ3v) is 3.27. The number of carbonyl (C=O) groups is 1. The quantitative estimate of drug-likeness (QED) is 0.902. The highest BCUT2D eigenvalue weighted by Crippen LogP contribution is 2.22. The molecular formula is C14H18Cl2N4O. The van der Waals surface area contributed by atoms with Crippen molar-refractivity contribution in [2.45, 2.75) is 19.0 Å². The lowest BCUT2D eigenvalue weighted by Gasteiger charge is -2.20. The summed E-state index contributed by atoms with van der Waals surface area (Å²) < 4.78 is 1.86. The summed E-state index contributed by atoms with van der Waals surface area (Å²) in [7, 11) is 1.88. The van der Waals surface area contributed by atoms with Crippen LogP contribution in [0.2, 0.25) is 5.02 Å². The minimum absolute atomic E-state index is 0. The fourth-order valence-electron chi connectivity index (χ4n) is 1.88. The summed E-state index contributed by atoms with van der Waals surface area (Å²) in [5, 5.41) is 3.55. The number of aromatic nitrogens is 2. The van der Waals surface area contributed by atoms with E-state index < -0.39 is 6.04 Å². The van der Waals surface area contributed by atoms with Crippen LogP contribution in [-0.4, -0.2) is 21.5 Å². The van der Waals surface area contributed by atoms with Gasteiger partial charge in [-0.1, -0.05) is 23.7 Å². The lowest BCUT2D eigenvalue weighted by Crippen LogP contribution is -2.41. The van der Waals surface area contributed by atoms with Crippen molar-refractivity contribution in [2.24, 2.45) is 12.8 Å². The normalized spacial score (nSPS) is 13.1. The standard InChI is InChI=1S/C14H17ClN4O.ClH/c1-9(16)14(20)18-12(13-17-7-8-19(13)2)10-3-5-11(15)6-4-10;/h3-9,12H,16H2,1-2H3,(H,18,20);1H/t9-,12?;/m1./s1. The highest BCUT2D eigenvalue weighted by atomic mass is 35.5. The second-order valence-electron chi connectivity index (χ2n) is 4.68. The number of benzene rings is 1. The van der Waals surface area contributed by atoms with Gasteiger partial charge in [0.1, 0.15) is 11.9 Å². The maximum atomic E-state index is 11.9. The molecule has 3 N–H and O–H groups in total. The van der Waals surface area contributed by atoms with Gasteiger partial charge in [-0.2, -0.15) is 0 Å². The minimum Gasteiger partial charge on any atom is -0.341 e. The molecule has 2 atom stereocenters. The van der Waals surface area contributed by atoms with Gasteiger partial charge < -0.3 is 15.6 Å². The first-order valence-electron chi connectivity index (χ1n) is 6.27. The molecule has 0 saturated heterocycles. The highest BCUT2D eigenvalue weighted by Gasteiger charge is 2.21. The Morgan fingerprint density at radius 3 is 2.48 bits per heavy atom. The van der Waals surface area contributed by atoms with E-state index in [2.05, 4.69) is 10.3 Å². The number of halogens is 2. The average Bonchev–Trinajstić information content (AvgIpc) is 2.83. The van der Waals surface area contributed by atoms with Crippen molar-refractivity contribution < 1.29 is 4.79 Å². The maximum absolute atomic E-state index is 11.9. The van der Waals surface area contributed by atoms with Crippen LogP contribution < -0.4 is 11.1 Å². The van der Waals surface area contributed by atoms with E-state index in [9.17, 15) is 4.79 Å². The van der Waals surface area contributed by atoms with E-state index in [-0.39, 0.29) is 24.4 Å².